The van der Waals surface area contributed by atoms with Crippen LogP contribution in [0.4, 0.5) is 11.4 Å². The Labute approximate surface area is 117 Å². The summed E-state index contributed by atoms with van der Waals surface area (Å²) in [4.78, 5) is 17.0. The van der Waals surface area contributed by atoms with Crippen LogP contribution < -0.4 is 10.6 Å². The Morgan fingerprint density at radius 2 is 2.25 bits per heavy atom. The molecule has 0 amide bonds. The van der Waals surface area contributed by atoms with Crippen molar-refractivity contribution in [1.82, 2.24) is 9.55 Å². The molecule has 1 heterocycles. The standard InChI is InChI=1S/C14H18N4O2/c1-10-16-5-6-18(10)8-7-17(2)13-4-3-11(14(19)20)9-12(13)15/h3-6,9H,7-8,15H2,1-2H3,(H,19,20). The number of rotatable bonds is 5. The third-order valence-electron chi connectivity index (χ3n) is 3.29. The largest absolute Gasteiger partial charge is 0.478 e. The van der Waals surface area contributed by atoms with E-state index in [-0.39, 0.29) is 5.56 Å². The summed E-state index contributed by atoms with van der Waals surface area (Å²) in [5.41, 5.74) is 7.41. The predicted octanol–water partition coefficient (Wildman–Crippen LogP) is 1.61. The van der Waals surface area contributed by atoms with Crippen LogP contribution >= 0.6 is 0 Å². The summed E-state index contributed by atoms with van der Waals surface area (Å²) in [6.45, 7) is 3.51. The van der Waals surface area contributed by atoms with Crippen molar-refractivity contribution in [3.05, 3.63) is 42.0 Å². The molecule has 3 N–H and O–H groups in total. The molecule has 0 fully saturated rings. The first kappa shape index (κ1) is 13.9. The molecule has 1 aromatic heterocycles. The summed E-state index contributed by atoms with van der Waals surface area (Å²) in [5.74, 6) is -0.00691. The second kappa shape index (κ2) is 5.64. The predicted molar refractivity (Wildman–Crippen MR) is 78.0 cm³/mol. The average molecular weight is 274 g/mol. The summed E-state index contributed by atoms with van der Waals surface area (Å²) in [7, 11) is 1.93. The van der Waals surface area contributed by atoms with Crippen LogP contribution in [0.2, 0.25) is 0 Å². The van der Waals surface area contributed by atoms with Gasteiger partial charge in [-0.3, -0.25) is 0 Å². The number of aromatic carboxylic acids is 1. The van der Waals surface area contributed by atoms with E-state index in [1.165, 1.54) is 6.07 Å². The number of hydrogen-bond acceptors (Lipinski definition) is 4. The first-order chi connectivity index (χ1) is 9.49. The highest BCUT2D eigenvalue weighted by atomic mass is 16.4. The SMILES string of the molecule is Cc1nccn1CCN(C)c1ccc(C(=O)O)cc1N. The molecule has 0 unspecified atom stereocenters. The van der Waals surface area contributed by atoms with Crippen molar-refractivity contribution in [3.63, 3.8) is 0 Å². The lowest BCUT2D eigenvalue weighted by Gasteiger charge is -2.21. The van der Waals surface area contributed by atoms with Crippen LogP contribution in [0.3, 0.4) is 0 Å². The normalized spacial score (nSPS) is 10.5. The Kier molecular flexibility index (Phi) is 3.93. The molecule has 0 bridgehead atoms. The Hall–Kier alpha value is -2.50. The fourth-order valence-corrected chi connectivity index (χ4v) is 2.05. The van der Waals surface area contributed by atoms with Crippen LogP contribution in [0, 0.1) is 6.92 Å². The number of imidazole rings is 1. The van der Waals surface area contributed by atoms with Crippen molar-refractivity contribution in [1.29, 1.82) is 0 Å². The highest BCUT2D eigenvalue weighted by Gasteiger charge is 2.09. The molecule has 0 atom stereocenters. The van der Waals surface area contributed by atoms with Gasteiger partial charge in [-0.2, -0.15) is 0 Å². The molecule has 0 saturated carbocycles. The number of carboxylic acids is 1. The Bertz CT molecular complexity index is 621. The minimum atomic E-state index is -0.972. The number of carboxylic acid groups (broad SMARTS) is 1. The molecule has 0 radical (unpaired) electrons. The van der Waals surface area contributed by atoms with E-state index < -0.39 is 5.97 Å². The van der Waals surface area contributed by atoms with E-state index >= 15 is 0 Å². The minimum absolute atomic E-state index is 0.199. The molecule has 0 aliphatic rings. The van der Waals surface area contributed by atoms with E-state index in [1.807, 2.05) is 25.1 Å². The van der Waals surface area contributed by atoms with Crippen LogP contribution in [0.25, 0.3) is 0 Å². The minimum Gasteiger partial charge on any atom is -0.478 e. The highest BCUT2D eigenvalue weighted by molar-refractivity contribution is 5.90. The molecule has 20 heavy (non-hydrogen) atoms. The second-order valence-electron chi connectivity index (χ2n) is 4.67. The van der Waals surface area contributed by atoms with E-state index in [1.54, 1.807) is 18.3 Å². The second-order valence-corrected chi connectivity index (χ2v) is 4.67. The molecule has 0 aliphatic heterocycles. The van der Waals surface area contributed by atoms with Gasteiger partial charge in [0.25, 0.3) is 0 Å². The maximum atomic E-state index is 10.9. The Balaban J connectivity index is 2.07. The van der Waals surface area contributed by atoms with Crippen LogP contribution in [0.1, 0.15) is 16.2 Å². The number of nitrogens with two attached hydrogens (primary N) is 1. The molecular formula is C14H18N4O2. The van der Waals surface area contributed by atoms with Gasteiger partial charge < -0.3 is 20.3 Å². The smallest absolute Gasteiger partial charge is 0.335 e. The molecule has 6 heteroatoms. The van der Waals surface area contributed by atoms with Crippen LogP contribution in [0.5, 0.6) is 0 Å². The first-order valence-electron chi connectivity index (χ1n) is 6.30. The summed E-state index contributed by atoms with van der Waals surface area (Å²) in [6.07, 6.45) is 3.70. The number of anilines is 2. The van der Waals surface area contributed by atoms with Gasteiger partial charge in [-0.25, -0.2) is 9.78 Å². The zero-order valence-corrected chi connectivity index (χ0v) is 11.6. The van der Waals surface area contributed by atoms with E-state index in [4.69, 9.17) is 10.8 Å². The van der Waals surface area contributed by atoms with Crippen molar-refractivity contribution in [2.24, 2.45) is 0 Å². The van der Waals surface area contributed by atoms with Crippen LogP contribution in [-0.4, -0.2) is 34.2 Å². The first-order valence-corrected chi connectivity index (χ1v) is 6.30. The van der Waals surface area contributed by atoms with Crippen molar-refractivity contribution in [2.45, 2.75) is 13.5 Å². The maximum Gasteiger partial charge on any atom is 0.335 e. The van der Waals surface area contributed by atoms with Crippen molar-refractivity contribution >= 4 is 17.3 Å². The molecule has 0 spiro atoms. The lowest BCUT2D eigenvalue weighted by molar-refractivity contribution is 0.0697. The fraction of sp³-hybridized carbons (Fsp3) is 0.286. The number of hydrogen-bond donors (Lipinski definition) is 2. The van der Waals surface area contributed by atoms with E-state index in [0.717, 1.165) is 24.6 Å². The highest BCUT2D eigenvalue weighted by Crippen LogP contribution is 2.23. The van der Waals surface area contributed by atoms with Gasteiger partial charge in [0.05, 0.1) is 16.9 Å². The summed E-state index contributed by atoms with van der Waals surface area (Å²) in [6, 6.07) is 4.78. The van der Waals surface area contributed by atoms with Gasteiger partial charge in [-0.1, -0.05) is 0 Å². The number of aryl methyl sites for hydroxylation is 1. The third kappa shape index (κ3) is 2.90. The summed E-state index contributed by atoms with van der Waals surface area (Å²) in [5, 5.41) is 8.92. The van der Waals surface area contributed by atoms with Crippen LogP contribution in [0.15, 0.2) is 30.6 Å². The zero-order valence-electron chi connectivity index (χ0n) is 11.6. The maximum absolute atomic E-state index is 10.9. The number of nitrogen functional groups attached to an aromatic ring is 1. The molecule has 2 rings (SSSR count). The zero-order chi connectivity index (χ0) is 14.7. The van der Waals surface area contributed by atoms with Gasteiger partial charge in [-0.15, -0.1) is 0 Å². The lowest BCUT2D eigenvalue weighted by Crippen LogP contribution is -2.24. The molecule has 106 valence electrons. The number of benzene rings is 1. The molecule has 2 aromatic rings. The summed E-state index contributed by atoms with van der Waals surface area (Å²) >= 11 is 0. The van der Waals surface area contributed by atoms with Gasteiger partial charge in [-0.05, 0) is 25.1 Å². The lowest BCUT2D eigenvalue weighted by atomic mass is 10.1. The topological polar surface area (TPSA) is 84.4 Å². The van der Waals surface area contributed by atoms with Gasteiger partial charge in [0.2, 0.25) is 0 Å². The number of nitrogens with zero attached hydrogens (tertiary/aromatic N) is 3. The van der Waals surface area contributed by atoms with E-state index in [9.17, 15) is 4.79 Å². The van der Waals surface area contributed by atoms with Crippen molar-refractivity contribution < 1.29 is 9.90 Å². The number of aromatic nitrogens is 2. The van der Waals surface area contributed by atoms with E-state index in [2.05, 4.69) is 9.55 Å². The Morgan fingerprint density at radius 3 is 2.80 bits per heavy atom. The van der Waals surface area contributed by atoms with Gasteiger partial charge >= 0.3 is 5.97 Å². The van der Waals surface area contributed by atoms with E-state index in [0.29, 0.717) is 5.69 Å². The summed E-state index contributed by atoms with van der Waals surface area (Å²) < 4.78 is 2.05. The number of likely N-dealkylation sites (N-methyl/N-ethyl adjacent to an activating group) is 1. The van der Waals surface area contributed by atoms with Crippen molar-refractivity contribution in [2.75, 3.05) is 24.2 Å². The average Bonchev–Trinajstić information content (AvgIpc) is 2.81. The Morgan fingerprint density at radius 1 is 1.50 bits per heavy atom. The number of carbonyl (C=O) groups is 1. The van der Waals surface area contributed by atoms with Crippen molar-refractivity contribution in [3.8, 4) is 0 Å². The molecular weight excluding hydrogens is 256 g/mol. The molecule has 0 aliphatic carbocycles. The van der Waals surface area contributed by atoms with Gasteiger partial charge in [0.1, 0.15) is 5.82 Å². The quantitative estimate of drug-likeness (QED) is 0.809. The molecule has 0 saturated heterocycles. The monoisotopic (exact) mass is 274 g/mol. The van der Waals surface area contributed by atoms with Gasteiger partial charge in [0.15, 0.2) is 0 Å². The molecule has 1 aromatic carbocycles. The third-order valence-corrected chi connectivity index (χ3v) is 3.29. The molecule has 6 nitrogen and oxygen atoms in total. The van der Waals surface area contributed by atoms with Crippen LogP contribution in [-0.2, 0) is 6.54 Å². The van der Waals surface area contributed by atoms with Gasteiger partial charge in [0, 0.05) is 32.5 Å². The fourth-order valence-electron chi connectivity index (χ4n) is 2.05.